The fraction of sp³-hybridized carbons (Fsp3) is 0.389. The van der Waals surface area contributed by atoms with Crippen LogP contribution in [-0.2, 0) is 24.3 Å². The average molecular weight is 459 g/mol. The van der Waals surface area contributed by atoms with Crippen LogP contribution in [0.15, 0.2) is 46.8 Å². The number of hydrogen-bond donors (Lipinski definition) is 2. The second-order valence-corrected chi connectivity index (χ2v) is 6.12. The topological polar surface area (TPSA) is 45.6 Å². The molecule has 0 radical (unpaired) electrons. The fourth-order valence-electron chi connectivity index (χ4n) is 2.24. The van der Waals surface area contributed by atoms with Gasteiger partial charge in [-0.25, -0.2) is 0 Å². The summed E-state index contributed by atoms with van der Waals surface area (Å²) in [4.78, 5) is 5.66. The minimum absolute atomic E-state index is 0. The van der Waals surface area contributed by atoms with Gasteiger partial charge in [-0.3, -0.25) is 4.99 Å². The lowest BCUT2D eigenvalue weighted by molar-refractivity contribution is 0.133. The fourth-order valence-corrected chi connectivity index (χ4v) is 2.95. The number of guanidine groups is 1. The molecule has 0 spiro atoms. The molecule has 24 heavy (non-hydrogen) atoms. The van der Waals surface area contributed by atoms with E-state index in [1.54, 1.807) is 18.4 Å². The molecule has 0 bridgehead atoms. The zero-order chi connectivity index (χ0) is 16.3. The van der Waals surface area contributed by atoms with Gasteiger partial charge in [0.25, 0.3) is 0 Å². The first-order valence-corrected chi connectivity index (χ1v) is 8.83. The van der Waals surface area contributed by atoms with Crippen molar-refractivity contribution < 1.29 is 4.74 Å². The van der Waals surface area contributed by atoms with E-state index in [2.05, 4.69) is 51.3 Å². The Kier molecular flexibility index (Phi) is 10.7. The number of aliphatic imine (C=N–C) groups is 1. The molecule has 0 unspecified atom stereocenters. The van der Waals surface area contributed by atoms with Crippen LogP contribution < -0.4 is 10.6 Å². The lowest BCUT2D eigenvalue weighted by atomic mass is 10.1. The van der Waals surface area contributed by atoms with Gasteiger partial charge in [0.05, 0.1) is 6.61 Å². The largest absolute Gasteiger partial charge is 0.377 e. The summed E-state index contributed by atoms with van der Waals surface area (Å²) in [6.45, 7) is 5.01. The highest BCUT2D eigenvalue weighted by molar-refractivity contribution is 14.0. The molecule has 1 aromatic carbocycles. The zero-order valence-electron chi connectivity index (χ0n) is 14.2. The van der Waals surface area contributed by atoms with Crippen molar-refractivity contribution in [1.82, 2.24) is 10.6 Å². The third kappa shape index (κ3) is 7.19. The molecule has 2 aromatic rings. The number of nitrogens with zero attached hydrogens (tertiary/aromatic N) is 1. The molecule has 2 rings (SSSR count). The van der Waals surface area contributed by atoms with Gasteiger partial charge in [0.15, 0.2) is 5.96 Å². The van der Waals surface area contributed by atoms with Gasteiger partial charge >= 0.3 is 0 Å². The van der Waals surface area contributed by atoms with Crippen LogP contribution in [0.4, 0.5) is 0 Å². The van der Waals surface area contributed by atoms with Crippen molar-refractivity contribution in [2.75, 3.05) is 20.2 Å². The number of rotatable bonds is 8. The SMILES string of the molecule is CCOCc1ccccc1CNC(=NC)NCCc1cccs1.I. The van der Waals surface area contributed by atoms with Gasteiger partial charge in [-0.1, -0.05) is 30.3 Å². The van der Waals surface area contributed by atoms with E-state index in [4.69, 9.17) is 4.74 Å². The third-order valence-corrected chi connectivity index (χ3v) is 4.43. The molecule has 0 aliphatic carbocycles. The Labute approximate surface area is 165 Å². The van der Waals surface area contributed by atoms with Crippen LogP contribution in [0.1, 0.15) is 22.9 Å². The minimum atomic E-state index is 0. The van der Waals surface area contributed by atoms with E-state index in [0.29, 0.717) is 6.61 Å². The summed E-state index contributed by atoms with van der Waals surface area (Å²) in [7, 11) is 1.80. The standard InChI is InChI=1S/C18H25N3OS.HI/c1-3-22-14-16-8-5-4-7-15(16)13-21-18(19-2)20-11-10-17-9-6-12-23-17;/h4-9,12H,3,10-11,13-14H2,1-2H3,(H2,19,20,21);1H. The van der Waals surface area contributed by atoms with E-state index in [0.717, 1.165) is 32.1 Å². The van der Waals surface area contributed by atoms with Crippen molar-refractivity contribution in [3.05, 3.63) is 57.8 Å². The summed E-state index contributed by atoms with van der Waals surface area (Å²) < 4.78 is 5.53. The monoisotopic (exact) mass is 459 g/mol. The maximum Gasteiger partial charge on any atom is 0.191 e. The Morgan fingerprint density at radius 2 is 1.92 bits per heavy atom. The highest BCUT2D eigenvalue weighted by Gasteiger charge is 2.03. The summed E-state index contributed by atoms with van der Waals surface area (Å²) in [5.74, 6) is 0.827. The van der Waals surface area contributed by atoms with Gasteiger partial charge in [-0.05, 0) is 35.9 Å². The van der Waals surface area contributed by atoms with E-state index in [-0.39, 0.29) is 24.0 Å². The van der Waals surface area contributed by atoms with E-state index < -0.39 is 0 Å². The van der Waals surface area contributed by atoms with Crippen molar-refractivity contribution in [3.8, 4) is 0 Å². The maximum atomic E-state index is 5.53. The molecule has 0 fully saturated rings. The van der Waals surface area contributed by atoms with Crippen LogP contribution in [-0.4, -0.2) is 26.2 Å². The molecule has 0 aliphatic heterocycles. The predicted octanol–water partition coefficient (Wildman–Crippen LogP) is 3.81. The summed E-state index contributed by atoms with van der Waals surface area (Å²) in [5, 5.41) is 8.83. The quantitative estimate of drug-likeness (QED) is 0.359. The van der Waals surface area contributed by atoms with Crippen LogP contribution in [0.5, 0.6) is 0 Å². The Morgan fingerprint density at radius 1 is 1.12 bits per heavy atom. The van der Waals surface area contributed by atoms with Crippen LogP contribution >= 0.6 is 35.3 Å². The van der Waals surface area contributed by atoms with Gasteiger partial charge in [0.1, 0.15) is 0 Å². The highest BCUT2D eigenvalue weighted by atomic mass is 127. The third-order valence-electron chi connectivity index (χ3n) is 3.49. The number of benzene rings is 1. The maximum absolute atomic E-state index is 5.53. The second-order valence-electron chi connectivity index (χ2n) is 5.09. The number of hydrogen-bond acceptors (Lipinski definition) is 3. The highest BCUT2D eigenvalue weighted by Crippen LogP contribution is 2.10. The smallest absolute Gasteiger partial charge is 0.191 e. The molecule has 1 heterocycles. The van der Waals surface area contributed by atoms with Crippen molar-refractivity contribution in [2.24, 2.45) is 4.99 Å². The summed E-state index contributed by atoms with van der Waals surface area (Å²) >= 11 is 1.79. The van der Waals surface area contributed by atoms with Crippen molar-refractivity contribution in [3.63, 3.8) is 0 Å². The van der Waals surface area contributed by atoms with Gasteiger partial charge in [-0.2, -0.15) is 0 Å². The second kappa shape index (κ2) is 12.3. The molecule has 2 N–H and O–H groups in total. The summed E-state index contributed by atoms with van der Waals surface area (Å²) in [5.41, 5.74) is 2.46. The van der Waals surface area contributed by atoms with Crippen LogP contribution in [0.2, 0.25) is 0 Å². The molecule has 0 aliphatic rings. The van der Waals surface area contributed by atoms with Crippen LogP contribution in [0.3, 0.4) is 0 Å². The summed E-state index contributed by atoms with van der Waals surface area (Å²) in [6, 6.07) is 12.6. The number of thiophene rings is 1. The van der Waals surface area contributed by atoms with E-state index in [1.807, 2.05) is 13.0 Å². The van der Waals surface area contributed by atoms with Crippen molar-refractivity contribution >= 4 is 41.3 Å². The van der Waals surface area contributed by atoms with Gasteiger partial charge in [0, 0.05) is 31.6 Å². The Bertz CT molecular complexity index is 602. The van der Waals surface area contributed by atoms with Gasteiger partial charge < -0.3 is 15.4 Å². The number of ether oxygens (including phenoxy) is 1. The molecule has 1 aromatic heterocycles. The normalized spacial score (nSPS) is 11.0. The van der Waals surface area contributed by atoms with Crippen molar-refractivity contribution in [2.45, 2.75) is 26.5 Å². The minimum Gasteiger partial charge on any atom is -0.377 e. The van der Waals surface area contributed by atoms with E-state index >= 15 is 0 Å². The predicted molar refractivity (Wildman–Crippen MR) is 113 cm³/mol. The molecule has 0 saturated heterocycles. The molecule has 0 amide bonds. The Morgan fingerprint density at radius 3 is 2.58 bits per heavy atom. The number of nitrogens with one attached hydrogen (secondary N) is 2. The first-order valence-electron chi connectivity index (χ1n) is 7.95. The lowest BCUT2D eigenvalue weighted by Gasteiger charge is -2.14. The van der Waals surface area contributed by atoms with E-state index in [9.17, 15) is 0 Å². The first-order chi connectivity index (χ1) is 11.3. The van der Waals surface area contributed by atoms with Gasteiger partial charge in [0.2, 0.25) is 0 Å². The Hall–Kier alpha value is -1.12. The number of halogens is 1. The summed E-state index contributed by atoms with van der Waals surface area (Å²) in [6.07, 6.45) is 1.01. The molecule has 132 valence electrons. The van der Waals surface area contributed by atoms with Gasteiger partial charge in [-0.15, -0.1) is 35.3 Å². The lowest BCUT2D eigenvalue weighted by Crippen LogP contribution is -2.38. The van der Waals surface area contributed by atoms with Crippen LogP contribution in [0, 0.1) is 0 Å². The molecule has 0 saturated carbocycles. The molecular formula is C18H26IN3OS. The van der Waals surface area contributed by atoms with Crippen molar-refractivity contribution in [1.29, 1.82) is 0 Å². The van der Waals surface area contributed by atoms with Crippen LogP contribution in [0.25, 0.3) is 0 Å². The molecular weight excluding hydrogens is 433 g/mol. The molecule has 6 heteroatoms. The van der Waals surface area contributed by atoms with E-state index in [1.165, 1.54) is 16.0 Å². The molecule has 4 nitrogen and oxygen atoms in total. The Balaban J connectivity index is 0.00000288. The average Bonchev–Trinajstić information content (AvgIpc) is 3.10. The first kappa shape index (κ1) is 20.9. The molecule has 0 atom stereocenters. The zero-order valence-corrected chi connectivity index (χ0v) is 17.4.